The molecule has 3 aromatic carbocycles. The number of hydrogen-bond acceptors (Lipinski definition) is 3. The van der Waals surface area contributed by atoms with Gasteiger partial charge in [-0.05, 0) is 58.4 Å². The summed E-state index contributed by atoms with van der Waals surface area (Å²) in [5, 5.41) is 31.4. The van der Waals surface area contributed by atoms with Gasteiger partial charge in [-0.2, -0.15) is 15.8 Å². The molecule has 0 spiro atoms. The number of nitriles is 3. The van der Waals surface area contributed by atoms with Crippen LogP contribution < -0.4 is 0 Å². The maximum atomic E-state index is 9.92. The summed E-state index contributed by atoms with van der Waals surface area (Å²) < 4.78 is 2.00. The van der Waals surface area contributed by atoms with E-state index in [1.807, 2.05) is 4.57 Å². The van der Waals surface area contributed by atoms with Crippen molar-refractivity contribution in [2.45, 2.75) is 52.4 Å². The summed E-state index contributed by atoms with van der Waals surface area (Å²) in [6.45, 7) is 13.1. The molecule has 0 saturated heterocycles. The van der Waals surface area contributed by atoms with Crippen molar-refractivity contribution in [1.29, 1.82) is 15.8 Å². The van der Waals surface area contributed by atoms with Crippen LogP contribution in [-0.2, 0) is 10.8 Å². The van der Waals surface area contributed by atoms with Crippen molar-refractivity contribution < 1.29 is 0 Å². The Labute approximate surface area is 194 Å². The molecule has 4 rings (SSSR count). The zero-order chi connectivity index (χ0) is 24.1. The van der Waals surface area contributed by atoms with Crippen LogP contribution in [0.3, 0.4) is 0 Å². The molecule has 33 heavy (non-hydrogen) atoms. The Morgan fingerprint density at radius 2 is 1.03 bits per heavy atom. The molecule has 0 fully saturated rings. The summed E-state index contributed by atoms with van der Waals surface area (Å²) in [7, 11) is 0. The number of aromatic nitrogens is 1. The molecule has 162 valence electrons. The summed E-state index contributed by atoms with van der Waals surface area (Å²) >= 11 is 0. The predicted octanol–water partition coefficient (Wildman–Crippen LogP) is 6.99. The van der Waals surface area contributed by atoms with E-state index in [-0.39, 0.29) is 10.8 Å². The summed E-state index contributed by atoms with van der Waals surface area (Å²) in [5.41, 5.74) is 5.70. The minimum atomic E-state index is -0.0195. The van der Waals surface area contributed by atoms with Crippen LogP contribution in [0.1, 0.15) is 69.4 Å². The molecule has 4 heteroatoms. The molecule has 0 N–H and O–H groups in total. The largest absolute Gasteiger partial charge is 0.307 e. The maximum Gasteiger partial charge on any atom is 0.101 e. The first-order valence-electron chi connectivity index (χ1n) is 11.0. The van der Waals surface area contributed by atoms with Crippen LogP contribution in [0.25, 0.3) is 27.5 Å². The fourth-order valence-corrected chi connectivity index (χ4v) is 4.31. The van der Waals surface area contributed by atoms with E-state index in [2.05, 4.69) is 96.1 Å². The lowest BCUT2D eigenvalue weighted by Crippen LogP contribution is -2.10. The summed E-state index contributed by atoms with van der Waals surface area (Å²) in [5.74, 6) is 0. The maximum absolute atomic E-state index is 9.92. The van der Waals surface area contributed by atoms with Crippen LogP contribution in [0.4, 0.5) is 0 Å². The van der Waals surface area contributed by atoms with Crippen molar-refractivity contribution >= 4 is 21.8 Å². The van der Waals surface area contributed by atoms with Crippen LogP contribution in [0, 0.1) is 34.0 Å². The van der Waals surface area contributed by atoms with Gasteiger partial charge >= 0.3 is 0 Å². The molecule has 4 nitrogen and oxygen atoms in total. The molecule has 0 saturated carbocycles. The summed E-state index contributed by atoms with van der Waals surface area (Å²) in [6, 6.07) is 22.4. The van der Waals surface area contributed by atoms with E-state index < -0.39 is 0 Å². The molecule has 4 aromatic rings. The van der Waals surface area contributed by atoms with Gasteiger partial charge in [0.05, 0.1) is 39.5 Å². The molecule has 0 atom stereocenters. The minimum Gasteiger partial charge on any atom is -0.307 e. The highest BCUT2D eigenvalue weighted by Gasteiger charge is 2.23. The van der Waals surface area contributed by atoms with Gasteiger partial charge in [0.2, 0.25) is 0 Å². The first-order valence-corrected chi connectivity index (χ1v) is 11.0. The van der Waals surface area contributed by atoms with Gasteiger partial charge in [-0.15, -0.1) is 0 Å². The first kappa shape index (κ1) is 22.1. The topological polar surface area (TPSA) is 76.3 Å². The van der Waals surface area contributed by atoms with E-state index in [9.17, 15) is 15.8 Å². The molecule has 0 aliphatic heterocycles. The fraction of sp³-hybridized carbons (Fsp3) is 0.276. The number of benzene rings is 3. The molecule has 0 unspecified atom stereocenters. The van der Waals surface area contributed by atoms with Crippen molar-refractivity contribution in [2.24, 2.45) is 0 Å². The van der Waals surface area contributed by atoms with Crippen molar-refractivity contribution in [3.8, 4) is 23.9 Å². The SMILES string of the molecule is CC(C)(C)c1ccc2c(c1)c1cc(C(C)(C)C)ccc1n2-c1c(C#N)cc(C#N)cc1C#N. The predicted molar refractivity (Wildman–Crippen MR) is 132 cm³/mol. The van der Waals surface area contributed by atoms with Crippen LogP contribution in [0.2, 0.25) is 0 Å². The van der Waals surface area contributed by atoms with E-state index in [0.29, 0.717) is 22.4 Å². The Morgan fingerprint density at radius 1 is 0.606 bits per heavy atom. The number of rotatable bonds is 1. The lowest BCUT2D eigenvalue weighted by atomic mass is 9.85. The van der Waals surface area contributed by atoms with Crippen molar-refractivity contribution in [1.82, 2.24) is 4.57 Å². The molecule has 0 bridgehead atoms. The van der Waals surface area contributed by atoms with Crippen molar-refractivity contribution in [2.75, 3.05) is 0 Å². The standard InChI is InChI=1S/C29H26N4/c1-28(2,3)21-7-9-25-23(13-21)24-14-22(29(4,5)6)8-10-26(24)33(25)27-19(16-31)11-18(15-30)12-20(27)17-32/h7-14H,1-6H3. The van der Waals surface area contributed by atoms with Gasteiger partial charge in [0.15, 0.2) is 0 Å². The van der Waals surface area contributed by atoms with Gasteiger partial charge in [0.1, 0.15) is 12.1 Å². The van der Waals surface area contributed by atoms with E-state index in [1.54, 1.807) is 12.1 Å². The fourth-order valence-electron chi connectivity index (χ4n) is 4.31. The highest BCUT2D eigenvalue weighted by atomic mass is 15.0. The molecule has 0 amide bonds. The molecule has 0 aliphatic carbocycles. The van der Waals surface area contributed by atoms with E-state index >= 15 is 0 Å². The Kier molecular flexibility index (Phi) is 5.04. The normalized spacial score (nSPS) is 11.8. The second-order valence-corrected chi connectivity index (χ2v) is 10.6. The van der Waals surface area contributed by atoms with E-state index in [4.69, 9.17) is 0 Å². The smallest absolute Gasteiger partial charge is 0.101 e. The molecule has 0 radical (unpaired) electrons. The molecular weight excluding hydrogens is 404 g/mol. The van der Waals surface area contributed by atoms with Gasteiger partial charge < -0.3 is 4.57 Å². The second-order valence-electron chi connectivity index (χ2n) is 10.6. The average Bonchev–Trinajstić information content (AvgIpc) is 3.09. The third-order valence-electron chi connectivity index (χ3n) is 6.20. The lowest BCUT2D eigenvalue weighted by molar-refractivity contribution is 0.590. The highest BCUT2D eigenvalue weighted by molar-refractivity contribution is 6.10. The van der Waals surface area contributed by atoms with E-state index in [1.165, 1.54) is 11.1 Å². The van der Waals surface area contributed by atoms with Gasteiger partial charge in [-0.25, -0.2) is 0 Å². The number of hydrogen-bond donors (Lipinski definition) is 0. The monoisotopic (exact) mass is 430 g/mol. The van der Waals surface area contributed by atoms with Crippen LogP contribution >= 0.6 is 0 Å². The summed E-state index contributed by atoms with van der Waals surface area (Å²) in [4.78, 5) is 0. The Balaban J connectivity index is 2.22. The van der Waals surface area contributed by atoms with Crippen molar-refractivity contribution in [3.63, 3.8) is 0 Å². The van der Waals surface area contributed by atoms with Crippen molar-refractivity contribution in [3.05, 3.63) is 76.3 Å². The first-order chi connectivity index (χ1) is 15.5. The molecule has 1 aromatic heterocycles. The van der Waals surface area contributed by atoms with E-state index in [0.717, 1.165) is 21.8 Å². The van der Waals surface area contributed by atoms with Gasteiger partial charge in [0.25, 0.3) is 0 Å². The Morgan fingerprint density at radius 3 is 1.36 bits per heavy atom. The lowest BCUT2D eigenvalue weighted by Gasteiger charge is -2.19. The number of nitrogens with zero attached hydrogens (tertiary/aromatic N) is 4. The second kappa shape index (κ2) is 7.51. The Hall–Kier alpha value is -4.07. The third-order valence-corrected chi connectivity index (χ3v) is 6.20. The van der Waals surface area contributed by atoms with Crippen LogP contribution in [0.15, 0.2) is 48.5 Å². The zero-order valence-corrected chi connectivity index (χ0v) is 19.9. The van der Waals surface area contributed by atoms with Crippen LogP contribution in [0.5, 0.6) is 0 Å². The number of fused-ring (bicyclic) bond motifs is 3. The van der Waals surface area contributed by atoms with Gasteiger partial charge in [0, 0.05) is 10.8 Å². The zero-order valence-electron chi connectivity index (χ0n) is 19.9. The minimum absolute atomic E-state index is 0.0195. The highest BCUT2D eigenvalue weighted by Crippen LogP contribution is 2.39. The average molecular weight is 431 g/mol. The molecular formula is C29H26N4. The molecule has 0 aliphatic rings. The van der Waals surface area contributed by atoms with Crippen LogP contribution in [-0.4, -0.2) is 4.57 Å². The van der Waals surface area contributed by atoms with Gasteiger partial charge in [-0.1, -0.05) is 53.7 Å². The molecule has 1 heterocycles. The van der Waals surface area contributed by atoms with Gasteiger partial charge in [-0.3, -0.25) is 0 Å². The quantitative estimate of drug-likeness (QED) is 0.326. The third kappa shape index (κ3) is 3.63. The Bertz CT molecular complexity index is 1440. The summed E-state index contributed by atoms with van der Waals surface area (Å²) in [6.07, 6.45) is 0.